The highest BCUT2D eigenvalue weighted by atomic mass is 19.4. The first-order valence-electron chi connectivity index (χ1n) is 11.9. The van der Waals surface area contributed by atoms with E-state index in [-0.39, 0.29) is 69.9 Å². The molecule has 0 saturated carbocycles. The van der Waals surface area contributed by atoms with E-state index in [1.165, 1.54) is 14.7 Å². The molecule has 4 amide bonds. The minimum Gasteiger partial charge on any atom is -0.351 e. The lowest BCUT2D eigenvalue weighted by Gasteiger charge is -2.34. The van der Waals surface area contributed by atoms with Crippen LogP contribution in [0.15, 0.2) is 12.1 Å². The number of hydrogen-bond acceptors (Lipinski definition) is 5. The van der Waals surface area contributed by atoms with E-state index in [1.54, 1.807) is 0 Å². The predicted octanol–water partition coefficient (Wildman–Crippen LogP) is 1.46. The number of aromatic nitrogens is 2. The van der Waals surface area contributed by atoms with Gasteiger partial charge in [0, 0.05) is 57.8 Å². The van der Waals surface area contributed by atoms with Gasteiger partial charge in [0.05, 0.1) is 12.2 Å². The molecule has 1 fully saturated rings. The van der Waals surface area contributed by atoms with Crippen molar-refractivity contribution in [3.63, 3.8) is 0 Å². The molecule has 4 N–H and O–H groups in total. The highest BCUT2D eigenvalue weighted by molar-refractivity contribution is 5.94. The zero-order chi connectivity index (χ0) is 28.6. The number of hydrogen-bond donors (Lipinski definition) is 2. The molecule has 39 heavy (non-hydrogen) atoms. The zero-order valence-corrected chi connectivity index (χ0v) is 20.5. The first-order valence-corrected chi connectivity index (χ1v) is 11.9. The first kappa shape index (κ1) is 28.2. The van der Waals surface area contributed by atoms with Gasteiger partial charge in [-0.25, -0.2) is 22.9 Å². The summed E-state index contributed by atoms with van der Waals surface area (Å²) in [5, 5.41) is 0. The number of urea groups is 1. The number of imidazole rings is 1. The largest absolute Gasteiger partial charge is 0.449 e. The molecular weight excluding hydrogens is 536 g/mol. The normalized spacial score (nSPS) is 16.7. The van der Waals surface area contributed by atoms with Gasteiger partial charge in [0.2, 0.25) is 11.7 Å². The molecule has 3 heterocycles. The molecule has 2 aromatic rings. The number of primary amides is 1. The maximum Gasteiger partial charge on any atom is 0.449 e. The van der Waals surface area contributed by atoms with Gasteiger partial charge in [0.15, 0.2) is 17.3 Å². The summed E-state index contributed by atoms with van der Waals surface area (Å²) in [6.07, 6.45) is -5.52. The number of halogens is 6. The highest BCUT2D eigenvalue weighted by Crippen LogP contribution is 2.33. The maximum atomic E-state index is 14.0. The van der Waals surface area contributed by atoms with E-state index < -0.39 is 59.0 Å². The number of piperazine rings is 1. The zero-order valence-electron chi connectivity index (χ0n) is 20.5. The van der Waals surface area contributed by atoms with Crippen molar-refractivity contribution in [2.45, 2.75) is 38.1 Å². The maximum absolute atomic E-state index is 14.0. The van der Waals surface area contributed by atoms with Gasteiger partial charge in [0.1, 0.15) is 5.82 Å². The predicted molar refractivity (Wildman–Crippen MR) is 122 cm³/mol. The van der Waals surface area contributed by atoms with E-state index in [4.69, 9.17) is 11.5 Å². The summed E-state index contributed by atoms with van der Waals surface area (Å²) in [5.74, 6) is -6.31. The third-order valence-electron chi connectivity index (χ3n) is 6.70. The summed E-state index contributed by atoms with van der Waals surface area (Å²) in [4.78, 5) is 44.8. The fourth-order valence-corrected chi connectivity index (χ4v) is 4.68. The van der Waals surface area contributed by atoms with Crippen molar-refractivity contribution < 1.29 is 40.7 Å². The molecule has 0 spiro atoms. The molecule has 1 aromatic heterocycles. The Labute approximate surface area is 218 Å². The van der Waals surface area contributed by atoms with Crippen LogP contribution in [0.2, 0.25) is 0 Å². The van der Waals surface area contributed by atoms with Crippen LogP contribution in [0.1, 0.15) is 34.0 Å². The average molecular weight is 561 g/mol. The number of benzene rings is 1. The second kappa shape index (κ2) is 10.7. The summed E-state index contributed by atoms with van der Waals surface area (Å²) in [5.41, 5.74) is 10.4. The number of carbonyl (C=O) groups is 3. The summed E-state index contributed by atoms with van der Waals surface area (Å²) < 4.78 is 82.6. The van der Waals surface area contributed by atoms with Crippen LogP contribution in [-0.4, -0.2) is 80.9 Å². The van der Waals surface area contributed by atoms with E-state index >= 15 is 0 Å². The van der Waals surface area contributed by atoms with E-state index in [0.717, 1.165) is 4.57 Å². The molecule has 2 aliphatic rings. The van der Waals surface area contributed by atoms with Gasteiger partial charge >= 0.3 is 12.2 Å². The molecule has 0 radical (unpaired) electrons. The van der Waals surface area contributed by atoms with Crippen LogP contribution >= 0.6 is 0 Å². The minimum absolute atomic E-state index is 0.0352. The lowest BCUT2D eigenvalue weighted by molar-refractivity contribution is -0.148. The number of nitrogens with two attached hydrogens (primary N) is 2. The molecule has 1 saturated heterocycles. The van der Waals surface area contributed by atoms with E-state index in [1.807, 2.05) is 0 Å². The number of amides is 4. The van der Waals surface area contributed by atoms with Crippen LogP contribution in [0.4, 0.5) is 31.1 Å². The second-order valence-corrected chi connectivity index (χ2v) is 9.34. The van der Waals surface area contributed by atoms with E-state index in [9.17, 15) is 40.7 Å². The molecule has 16 heteroatoms. The first-order chi connectivity index (χ1) is 18.3. The molecule has 0 bridgehead atoms. The third kappa shape index (κ3) is 5.94. The molecular formula is C23H25F6N7O3. The Bertz CT molecular complexity index is 1290. The fraction of sp³-hybridized carbons (Fsp3) is 0.478. The lowest BCUT2D eigenvalue weighted by Crippen LogP contribution is -2.52. The summed E-state index contributed by atoms with van der Waals surface area (Å²) in [7, 11) is 0. The quantitative estimate of drug-likeness (QED) is 0.422. The SMILES string of the molecule is NC(=O)N1CCN(C(=O)c2nc(C(F)(F)F)n3c2CN(C(=O)C[C@H](N)Cc2cc(F)c(F)cc2F)CC3)CC1. The highest BCUT2D eigenvalue weighted by Gasteiger charge is 2.42. The van der Waals surface area contributed by atoms with Gasteiger partial charge in [-0.05, 0) is 18.1 Å². The minimum atomic E-state index is -4.86. The number of alkyl halides is 3. The van der Waals surface area contributed by atoms with Crippen LogP contribution in [0.5, 0.6) is 0 Å². The van der Waals surface area contributed by atoms with Crippen LogP contribution < -0.4 is 11.5 Å². The summed E-state index contributed by atoms with van der Waals surface area (Å²) >= 11 is 0. The monoisotopic (exact) mass is 561 g/mol. The topological polar surface area (TPSA) is 131 Å². The average Bonchev–Trinajstić information content (AvgIpc) is 3.26. The van der Waals surface area contributed by atoms with Gasteiger partial charge < -0.3 is 30.7 Å². The van der Waals surface area contributed by atoms with Gasteiger partial charge in [-0.2, -0.15) is 13.2 Å². The molecule has 2 aliphatic heterocycles. The molecule has 0 unspecified atom stereocenters. The number of fused-ring (bicyclic) bond motifs is 1. The van der Waals surface area contributed by atoms with Crippen molar-refractivity contribution >= 4 is 17.8 Å². The van der Waals surface area contributed by atoms with Crippen molar-refractivity contribution in [2.75, 3.05) is 32.7 Å². The van der Waals surface area contributed by atoms with Gasteiger partial charge in [-0.15, -0.1) is 0 Å². The van der Waals surface area contributed by atoms with Gasteiger partial charge in [0.25, 0.3) is 5.91 Å². The van der Waals surface area contributed by atoms with E-state index in [2.05, 4.69) is 4.98 Å². The smallest absolute Gasteiger partial charge is 0.351 e. The van der Waals surface area contributed by atoms with Crippen LogP contribution in [0.3, 0.4) is 0 Å². The molecule has 1 aromatic carbocycles. The van der Waals surface area contributed by atoms with Crippen LogP contribution in [-0.2, 0) is 30.5 Å². The molecule has 1 atom stereocenters. The molecule has 10 nitrogen and oxygen atoms in total. The van der Waals surface area contributed by atoms with Gasteiger partial charge in [-0.1, -0.05) is 0 Å². The molecule has 212 valence electrons. The van der Waals surface area contributed by atoms with Gasteiger partial charge in [-0.3, -0.25) is 9.59 Å². The van der Waals surface area contributed by atoms with Crippen LogP contribution in [0, 0.1) is 17.5 Å². The Morgan fingerprint density at radius 2 is 1.49 bits per heavy atom. The van der Waals surface area contributed by atoms with Crippen LogP contribution in [0.25, 0.3) is 0 Å². The molecule has 0 aliphatic carbocycles. The Balaban J connectivity index is 1.50. The number of rotatable bonds is 5. The Hall–Kier alpha value is -3.82. The fourth-order valence-electron chi connectivity index (χ4n) is 4.68. The van der Waals surface area contributed by atoms with Crippen molar-refractivity contribution in [1.29, 1.82) is 0 Å². The third-order valence-corrected chi connectivity index (χ3v) is 6.70. The van der Waals surface area contributed by atoms with Crippen molar-refractivity contribution in [2.24, 2.45) is 11.5 Å². The standard InChI is InChI=1S/C23H25F6N7O3/c24-14-10-16(26)15(25)8-12(14)7-13(30)9-18(37)35-5-6-36-17(11-35)19(32-21(36)23(27,28)29)20(38)33-1-3-34(4-2-33)22(31)39/h8,10,13H,1-7,9,11,30H2,(H2,31,39)/t13-/m1/s1. The molecule has 4 rings (SSSR count). The Kier molecular flexibility index (Phi) is 7.77. The van der Waals surface area contributed by atoms with Crippen molar-refractivity contribution in [3.05, 3.63) is 52.4 Å². The Morgan fingerprint density at radius 3 is 2.10 bits per heavy atom. The number of carbonyl (C=O) groups excluding carboxylic acids is 3. The lowest BCUT2D eigenvalue weighted by atomic mass is 10.0. The second-order valence-electron chi connectivity index (χ2n) is 9.34. The summed E-state index contributed by atoms with van der Waals surface area (Å²) in [6, 6.07) is -0.665. The van der Waals surface area contributed by atoms with Crippen molar-refractivity contribution in [1.82, 2.24) is 24.3 Å². The summed E-state index contributed by atoms with van der Waals surface area (Å²) in [6.45, 7) is -0.521. The number of nitrogens with zero attached hydrogens (tertiary/aromatic N) is 5. The Morgan fingerprint density at radius 1 is 0.897 bits per heavy atom. The van der Waals surface area contributed by atoms with E-state index in [0.29, 0.717) is 12.1 Å². The van der Waals surface area contributed by atoms with Crippen molar-refractivity contribution in [3.8, 4) is 0 Å².